The fourth-order valence-electron chi connectivity index (χ4n) is 2.53. The van der Waals surface area contributed by atoms with Crippen LogP contribution in [0, 0.1) is 0 Å². The molecule has 0 amide bonds. The lowest BCUT2D eigenvalue weighted by Gasteiger charge is -2.19. The number of hydrogen-bond acceptors (Lipinski definition) is 4. The highest BCUT2D eigenvalue weighted by molar-refractivity contribution is 5.79. The van der Waals surface area contributed by atoms with E-state index >= 15 is 0 Å². The molecule has 0 aliphatic rings. The summed E-state index contributed by atoms with van der Waals surface area (Å²) in [5.41, 5.74) is 5.86. The normalized spacial score (nSPS) is 12.3. The van der Waals surface area contributed by atoms with Gasteiger partial charge in [-0.2, -0.15) is 0 Å². The minimum atomic E-state index is -0.146. The molecule has 4 heteroatoms. The monoisotopic (exact) mass is 279 g/mol. The molecular formula is C17H17N3O. The van der Waals surface area contributed by atoms with Crippen LogP contribution in [0.1, 0.15) is 17.2 Å². The largest absolute Gasteiger partial charge is 0.496 e. The molecule has 1 unspecified atom stereocenters. The molecule has 1 aromatic heterocycles. The van der Waals surface area contributed by atoms with Gasteiger partial charge in [0.25, 0.3) is 0 Å². The number of benzene rings is 2. The molecule has 1 heterocycles. The summed E-state index contributed by atoms with van der Waals surface area (Å²) in [5, 5.41) is 1.11. The maximum Gasteiger partial charge on any atom is 0.124 e. The van der Waals surface area contributed by atoms with Gasteiger partial charge in [-0.15, -0.1) is 0 Å². The molecule has 0 aliphatic carbocycles. The summed E-state index contributed by atoms with van der Waals surface area (Å²) in [7, 11) is 1.66. The summed E-state index contributed by atoms with van der Waals surface area (Å²) in [5.74, 6) is 6.59. The van der Waals surface area contributed by atoms with E-state index in [1.807, 2.05) is 42.5 Å². The van der Waals surface area contributed by atoms with Crippen molar-refractivity contribution in [2.75, 3.05) is 7.11 Å². The van der Waals surface area contributed by atoms with Crippen LogP contribution in [-0.4, -0.2) is 12.1 Å². The van der Waals surface area contributed by atoms with Crippen LogP contribution in [0.4, 0.5) is 0 Å². The van der Waals surface area contributed by atoms with E-state index in [1.54, 1.807) is 13.3 Å². The Morgan fingerprint density at radius 1 is 1.10 bits per heavy atom. The van der Waals surface area contributed by atoms with Gasteiger partial charge in [0.2, 0.25) is 0 Å². The number of hydrogen-bond donors (Lipinski definition) is 2. The van der Waals surface area contributed by atoms with E-state index in [0.717, 1.165) is 27.8 Å². The number of nitrogens with zero attached hydrogens (tertiary/aromatic N) is 1. The van der Waals surface area contributed by atoms with E-state index in [9.17, 15) is 0 Å². The molecule has 0 saturated carbocycles. The van der Waals surface area contributed by atoms with Gasteiger partial charge in [-0.1, -0.05) is 36.4 Å². The quantitative estimate of drug-likeness (QED) is 0.569. The van der Waals surface area contributed by atoms with Crippen LogP contribution in [0.2, 0.25) is 0 Å². The zero-order chi connectivity index (χ0) is 14.7. The molecule has 21 heavy (non-hydrogen) atoms. The zero-order valence-electron chi connectivity index (χ0n) is 11.8. The fraction of sp³-hybridized carbons (Fsp3) is 0.118. The highest BCUT2D eigenvalue weighted by Gasteiger charge is 2.16. The van der Waals surface area contributed by atoms with Gasteiger partial charge in [0, 0.05) is 17.1 Å². The van der Waals surface area contributed by atoms with Crippen molar-refractivity contribution in [1.29, 1.82) is 0 Å². The summed E-state index contributed by atoms with van der Waals surface area (Å²) in [4.78, 5) is 4.39. The number of nitrogens with one attached hydrogen (secondary N) is 1. The van der Waals surface area contributed by atoms with Gasteiger partial charge in [-0.3, -0.25) is 10.8 Å². The van der Waals surface area contributed by atoms with Gasteiger partial charge in [-0.05, 0) is 23.8 Å². The average Bonchev–Trinajstić information content (AvgIpc) is 2.56. The van der Waals surface area contributed by atoms with Gasteiger partial charge < -0.3 is 4.74 Å². The second-order valence-corrected chi connectivity index (χ2v) is 4.80. The van der Waals surface area contributed by atoms with Crippen molar-refractivity contribution in [2.45, 2.75) is 6.04 Å². The molecule has 3 rings (SSSR count). The van der Waals surface area contributed by atoms with Crippen LogP contribution < -0.4 is 16.0 Å². The number of rotatable bonds is 4. The molecule has 3 aromatic rings. The van der Waals surface area contributed by atoms with Gasteiger partial charge in [0.05, 0.1) is 18.7 Å². The fourth-order valence-corrected chi connectivity index (χ4v) is 2.53. The minimum absolute atomic E-state index is 0.146. The predicted octanol–water partition coefficient (Wildman–Crippen LogP) is 2.80. The number of nitrogens with two attached hydrogens (primary N) is 1. The molecule has 0 saturated heterocycles. The van der Waals surface area contributed by atoms with Crippen LogP contribution in [-0.2, 0) is 0 Å². The lowest BCUT2D eigenvalue weighted by atomic mass is 9.97. The highest BCUT2D eigenvalue weighted by Crippen LogP contribution is 2.30. The van der Waals surface area contributed by atoms with E-state index < -0.39 is 0 Å². The Morgan fingerprint density at radius 2 is 1.95 bits per heavy atom. The van der Waals surface area contributed by atoms with Crippen molar-refractivity contribution in [3.05, 3.63) is 71.9 Å². The van der Waals surface area contributed by atoms with Crippen molar-refractivity contribution in [3.8, 4) is 5.75 Å². The SMILES string of the molecule is COc1ccccc1C(NN)c1ccc2cccnc2c1. The molecule has 2 aromatic carbocycles. The van der Waals surface area contributed by atoms with Crippen molar-refractivity contribution >= 4 is 10.9 Å². The third-order valence-corrected chi connectivity index (χ3v) is 3.58. The number of hydrazine groups is 1. The molecule has 4 nitrogen and oxygen atoms in total. The smallest absolute Gasteiger partial charge is 0.124 e. The van der Waals surface area contributed by atoms with Crippen LogP contribution in [0.5, 0.6) is 5.75 Å². The van der Waals surface area contributed by atoms with E-state index in [2.05, 4.69) is 22.5 Å². The summed E-state index contributed by atoms with van der Waals surface area (Å²) < 4.78 is 5.43. The minimum Gasteiger partial charge on any atom is -0.496 e. The highest BCUT2D eigenvalue weighted by atomic mass is 16.5. The zero-order valence-corrected chi connectivity index (χ0v) is 11.8. The molecule has 106 valence electrons. The first-order valence-electron chi connectivity index (χ1n) is 6.77. The summed E-state index contributed by atoms with van der Waals surface area (Å²) >= 11 is 0. The molecule has 1 atom stereocenters. The summed E-state index contributed by atoms with van der Waals surface area (Å²) in [6.45, 7) is 0. The maximum atomic E-state index is 5.78. The standard InChI is InChI=1S/C17H17N3O/c1-21-16-7-3-2-6-14(16)17(20-18)13-9-8-12-5-4-10-19-15(12)11-13/h2-11,17,20H,18H2,1H3. The van der Waals surface area contributed by atoms with Crippen LogP contribution >= 0.6 is 0 Å². The second kappa shape index (κ2) is 5.91. The summed E-state index contributed by atoms with van der Waals surface area (Å²) in [6, 6.07) is 17.8. The number of ether oxygens (including phenoxy) is 1. The van der Waals surface area contributed by atoms with Crippen molar-refractivity contribution in [3.63, 3.8) is 0 Å². The molecule has 0 radical (unpaired) electrons. The third-order valence-electron chi connectivity index (χ3n) is 3.58. The third kappa shape index (κ3) is 2.59. The Hall–Kier alpha value is -2.43. The maximum absolute atomic E-state index is 5.78. The Kier molecular flexibility index (Phi) is 3.81. The lowest BCUT2D eigenvalue weighted by molar-refractivity contribution is 0.404. The Bertz CT molecular complexity index is 758. The summed E-state index contributed by atoms with van der Waals surface area (Å²) in [6.07, 6.45) is 1.79. The van der Waals surface area contributed by atoms with Crippen molar-refractivity contribution in [2.24, 2.45) is 5.84 Å². The molecule has 0 bridgehead atoms. The Labute approximate surface area is 123 Å². The lowest BCUT2D eigenvalue weighted by Crippen LogP contribution is -2.29. The molecule has 0 fully saturated rings. The van der Waals surface area contributed by atoms with Gasteiger partial charge in [0.1, 0.15) is 5.75 Å². The van der Waals surface area contributed by atoms with E-state index in [-0.39, 0.29) is 6.04 Å². The molecule has 0 spiro atoms. The molecular weight excluding hydrogens is 262 g/mol. The molecule has 3 N–H and O–H groups in total. The van der Waals surface area contributed by atoms with Crippen LogP contribution in [0.15, 0.2) is 60.8 Å². The number of fused-ring (bicyclic) bond motifs is 1. The first-order chi connectivity index (χ1) is 10.3. The van der Waals surface area contributed by atoms with Crippen LogP contribution in [0.3, 0.4) is 0 Å². The Morgan fingerprint density at radius 3 is 2.76 bits per heavy atom. The second-order valence-electron chi connectivity index (χ2n) is 4.80. The van der Waals surface area contributed by atoms with Crippen molar-refractivity contribution < 1.29 is 4.74 Å². The number of methoxy groups -OCH3 is 1. The van der Waals surface area contributed by atoms with Gasteiger partial charge in [-0.25, -0.2) is 5.43 Å². The van der Waals surface area contributed by atoms with E-state index in [1.165, 1.54) is 0 Å². The number of para-hydroxylation sites is 1. The van der Waals surface area contributed by atoms with Crippen LogP contribution in [0.25, 0.3) is 10.9 Å². The van der Waals surface area contributed by atoms with Gasteiger partial charge >= 0.3 is 0 Å². The topological polar surface area (TPSA) is 60.2 Å². The van der Waals surface area contributed by atoms with E-state index in [0.29, 0.717) is 0 Å². The Balaban J connectivity index is 2.09. The number of aromatic nitrogens is 1. The molecule has 0 aliphatic heterocycles. The van der Waals surface area contributed by atoms with Crippen molar-refractivity contribution in [1.82, 2.24) is 10.4 Å². The average molecular weight is 279 g/mol. The predicted molar refractivity (Wildman–Crippen MR) is 83.9 cm³/mol. The first-order valence-corrected chi connectivity index (χ1v) is 6.77. The number of pyridine rings is 1. The van der Waals surface area contributed by atoms with Gasteiger partial charge in [0.15, 0.2) is 0 Å². The first kappa shape index (κ1) is 13.5. The van der Waals surface area contributed by atoms with E-state index in [4.69, 9.17) is 10.6 Å².